The number of hydrogen-bond donors (Lipinski definition) is 1. The van der Waals surface area contributed by atoms with Gasteiger partial charge in [0.05, 0.1) is 30.3 Å². The number of nitrogens with zero attached hydrogens (tertiary/aromatic N) is 5. The summed E-state index contributed by atoms with van der Waals surface area (Å²) in [5, 5.41) is 7.85. The molecule has 0 unspecified atom stereocenters. The smallest absolute Gasteiger partial charge is 0.295 e. The van der Waals surface area contributed by atoms with Crippen LogP contribution in [0, 0.1) is 11.6 Å². The van der Waals surface area contributed by atoms with E-state index in [1.54, 1.807) is 18.3 Å². The minimum absolute atomic E-state index is 0.274. The van der Waals surface area contributed by atoms with E-state index in [2.05, 4.69) is 25.3 Å². The zero-order valence-corrected chi connectivity index (χ0v) is 14.2. The molecule has 3 heterocycles. The fraction of sp³-hybridized carbons (Fsp3) is 0.111. The molecule has 0 aliphatic rings. The maximum Gasteiger partial charge on any atom is 0.295 e. The Bertz CT molecular complexity index is 1080. The summed E-state index contributed by atoms with van der Waals surface area (Å²) in [6.07, 6.45) is 1.72. The van der Waals surface area contributed by atoms with Crippen LogP contribution in [-0.2, 0) is 6.54 Å². The average molecular weight is 388 g/mol. The lowest BCUT2D eigenvalue weighted by atomic mass is 10.1. The van der Waals surface area contributed by atoms with Crippen molar-refractivity contribution in [1.29, 1.82) is 0 Å². The van der Waals surface area contributed by atoms with Crippen LogP contribution in [0.3, 0.4) is 0 Å². The number of aromatic amines is 1. The molecule has 4 rings (SSSR count). The topological polar surface area (TPSA) is 72.3 Å². The number of nitrogens with one attached hydrogen (secondary N) is 1. The molecule has 4 aromatic rings. The third-order valence-electron chi connectivity index (χ3n) is 3.96. The Morgan fingerprint density at radius 1 is 0.964 bits per heavy atom. The van der Waals surface area contributed by atoms with Crippen molar-refractivity contribution < 1.29 is 17.6 Å². The minimum Gasteiger partial charge on any atom is -0.337 e. The standard InChI is InChI=1S/C18H12F4N6/c19-12-3-11(4-13(20)5-12)16-9-28(27-26-16)8-14-2-1-10(6-23-14)15-7-24-18(25-15)17(21)22/h1-7,9,17H,8H2,(H,24,25). The first kappa shape index (κ1) is 17.8. The predicted octanol–water partition coefficient (Wildman–Crippen LogP) is 3.99. The van der Waals surface area contributed by atoms with Crippen molar-refractivity contribution in [2.75, 3.05) is 0 Å². The summed E-state index contributed by atoms with van der Waals surface area (Å²) < 4.78 is 53.4. The fourth-order valence-corrected chi connectivity index (χ4v) is 2.65. The molecule has 0 saturated heterocycles. The van der Waals surface area contributed by atoms with Crippen molar-refractivity contribution in [3.05, 3.63) is 72.1 Å². The first-order valence-electron chi connectivity index (χ1n) is 8.13. The van der Waals surface area contributed by atoms with Gasteiger partial charge in [-0.25, -0.2) is 27.2 Å². The van der Waals surface area contributed by atoms with Gasteiger partial charge in [0.1, 0.15) is 17.3 Å². The lowest BCUT2D eigenvalue weighted by molar-refractivity contribution is 0.141. The number of pyridine rings is 1. The van der Waals surface area contributed by atoms with Gasteiger partial charge in [-0.3, -0.25) is 4.98 Å². The van der Waals surface area contributed by atoms with Crippen molar-refractivity contribution in [3.63, 3.8) is 0 Å². The summed E-state index contributed by atoms with van der Waals surface area (Å²) >= 11 is 0. The molecule has 1 N–H and O–H groups in total. The Morgan fingerprint density at radius 3 is 2.39 bits per heavy atom. The van der Waals surface area contributed by atoms with Gasteiger partial charge in [-0.1, -0.05) is 5.21 Å². The van der Waals surface area contributed by atoms with E-state index < -0.39 is 23.9 Å². The predicted molar refractivity (Wildman–Crippen MR) is 91.3 cm³/mol. The summed E-state index contributed by atoms with van der Waals surface area (Å²) in [7, 11) is 0. The molecule has 0 amide bonds. The highest BCUT2D eigenvalue weighted by molar-refractivity contribution is 5.58. The number of hydrogen-bond acceptors (Lipinski definition) is 4. The number of imidazole rings is 1. The third kappa shape index (κ3) is 3.75. The second-order valence-corrected chi connectivity index (χ2v) is 5.98. The molecule has 0 aliphatic heterocycles. The van der Waals surface area contributed by atoms with Gasteiger partial charge >= 0.3 is 0 Å². The number of H-pyrrole nitrogens is 1. The quantitative estimate of drug-likeness (QED) is 0.525. The Hall–Kier alpha value is -3.56. The van der Waals surface area contributed by atoms with Crippen LogP contribution in [0.5, 0.6) is 0 Å². The van der Waals surface area contributed by atoms with Gasteiger partial charge in [-0.2, -0.15) is 0 Å². The van der Waals surface area contributed by atoms with Gasteiger partial charge in [0.15, 0.2) is 5.82 Å². The molecule has 0 saturated carbocycles. The molecule has 0 aliphatic carbocycles. The molecule has 0 atom stereocenters. The highest BCUT2D eigenvalue weighted by atomic mass is 19.3. The second-order valence-electron chi connectivity index (χ2n) is 5.98. The summed E-state index contributed by atoms with van der Waals surface area (Å²) in [5.41, 5.74) is 2.29. The van der Waals surface area contributed by atoms with Crippen molar-refractivity contribution in [2.24, 2.45) is 0 Å². The van der Waals surface area contributed by atoms with Crippen LogP contribution >= 0.6 is 0 Å². The zero-order chi connectivity index (χ0) is 19.7. The maximum atomic E-state index is 13.3. The molecule has 28 heavy (non-hydrogen) atoms. The van der Waals surface area contributed by atoms with E-state index in [1.165, 1.54) is 29.2 Å². The van der Waals surface area contributed by atoms with Gasteiger partial charge in [-0.15, -0.1) is 5.10 Å². The molecular weight excluding hydrogens is 376 g/mol. The number of aromatic nitrogens is 6. The number of halogens is 4. The van der Waals surface area contributed by atoms with E-state index in [4.69, 9.17) is 0 Å². The second kappa shape index (κ2) is 7.22. The molecule has 0 fully saturated rings. The summed E-state index contributed by atoms with van der Waals surface area (Å²) in [6.45, 7) is 0.274. The Kier molecular flexibility index (Phi) is 4.60. The molecule has 1 aromatic carbocycles. The van der Waals surface area contributed by atoms with Crippen LogP contribution in [-0.4, -0.2) is 29.9 Å². The van der Waals surface area contributed by atoms with Crippen molar-refractivity contribution >= 4 is 0 Å². The van der Waals surface area contributed by atoms with Crippen LogP contribution < -0.4 is 0 Å². The molecule has 10 heteroatoms. The highest BCUT2D eigenvalue weighted by Crippen LogP contribution is 2.22. The summed E-state index contributed by atoms with van der Waals surface area (Å²) in [5.74, 6) is -1.80. The van der Waals surface area contributed by atoms with Crippen molar-refractivity contribution in [3.8, 4) is 22.5 Å². The minimum atomic E-state index is -2.67. The van der Waals surface area contributed by atoms with Crippen LogP contribution in [0.1, 0.15) is 17.9 Å². The highest BCUT2D eigenvalue weighted by Gasteiger charge is 2.13. The van der Waals surface area contributed by atoms with Gasteiger partial charge in [0, 0.05) is 23.4 Å². The van der Waals surface area contributed by atoms with Gasteiger partial charge < -0.3 is 4.98 Å². The van der Waals surface area contributed by atoms with Crippen LogP contribution in [0.2, 0.25) is 0 Å². The fourth-order valence-electron chi connectivity index (χ4n) is 2.65. The van der Waals surface area contributed by atoms with Crippen LogP contribution in [0.25, 0.3) is 22.5 Å². The van der Waals surface area contributed by atoms with Crippen LogP contribution in [0.4, 0.5) is 17.6 Å². The third-order valence-corrected chi connectivity index (χ3v) is 3.96. The normalized spacial score (nSPS) is 11.3. The van der Waals surface area contributed by atoms with E-state index in [-0.39, 0.29) is 12.1 Å². The number of benzene rings is 1. The summed E-state index contributed by atoms with van der Waals surface area (Å²) in [4.78, 5) is 10.4. The number of rotatable bonds is 5. The van der Waals surface area contributed by atoms with E-state index in [1.807, 2.05) is 0 Å². The van der Waals surface area contributed by atoms with Gasteiger partial charge in [0.25, 0.3) is 6.43 Å². The van der Waals surface area contributed by atoms with Gasteiger partial charge in [0.2, 0.25) is 0 Å². The first-order valence-corrected chi connectivity index (χ1v) is 8.13. The number of alkyl halides is 2. The Balaban J connectivity index is 1.49. The molecule has 0 spiro atoms. The van der Waals surface area contributed by atoms with Gasteiger partial charge in [-0.05, 0) is 24.3 Å². The summed E-state index contributed by atoms with van der Waals surface area (Å²) in [6, 6.07) is 6.54. The molecule has 6 nitrogen and oxygen atoms in total. The lowest BCUT2D eigenvalue weighted by Crippen LogP contribution is -2.02. The van der Waals surface area contributed by atoms with Crippen molar-refractivity contribution in [1.82, 2.24) is 29.9 Å². The zero-order valence-electron chi connectivity index (χ0n) is 14.2. The van der Waals surface area contributed by atoms with E-state index in [0.29, 0.717) is 22.6 Å². The SMILES string of the molecule is Fc1cc(F)cc(-c2cn(Cc3ccc(-c4cnc(C(F)F)[nH]4)cn3)nn2)c1. The first-order chi connectivity index (χ1) is 13.5. The molecular formula is C18H12F4N6. The average Bonchev–Trinajstić information content (AvgIpc) is 3.31. The molecule has 142 valence electrons. The molecule has 3 aromatic heterocycles. The van der Waals surface area contributed by atoms with E-state index in [0.717, 1.165) is 6.07 Å². The molecule has 0 bridgehead atoms. The van der Waals surface area contributed by atoms with E-state index >= 15 is 0 Å². The molecule has 0 radical (unpaired) electrons. The van der Waals surface area contributed by atoms with Crippen LogP contribution in [0.15, 0.2) is 48.9 Å². The lowest BCUT2D eigenvalue weighted by Gasteiger charge is -2.02. The monoisotopic (exact) mass is 388 g/mol. The Morgan fingerprint density at radius 2 is 1.75 bits per heavy atom. The van der Waals surface area contributed by atoms with E-state index in [9.17, 15) is 17.6 Å². The van der Waals surface area contributed by atoms with Crippen molar-refractivity contribution in [2.45, 2.75) is 13.0 Å². The maximum absolute atomic E-state index is 13.3. The Labute approximate surface area is 155 Å². The largest absolute Gasteiger partial charge is 0.337 e.